The molecule has 7 heteroatoms. The molecule has 1 aromatic rings. The van der Waals surface area contributed by atoms with Crippen LogP contribution in [0.25, 0.3) is 0 Å². The maximum absolute atomic E-state index is 11.6. The second-order valence-electron chi connectivity index (χ2n) is 4.06. The predicted octanol–water partition coefficient (Wildman–Crippen LogP) is 0.942. The average molecular weight is 259 g/mol. The predicted molar refractivity (Wildman–Crippen MR) is 58.2 cm³/mol. The molecule has 2 rings (SSSR count). The molecule has 0 aromatic carbocycles. The molecule has 1 atom stereocenters. The molecule has 6 nitrogen and oxygen atoms in total. The normalized spacial score (nSPS) is 22.7. The Morgan fingerprint density at radius 2 is 2.35 bits per heavy atom. The summed E-state index contributed by atoms with van der Waals surface area (Å²) in [6.45, 7) is 0. The third kappa shape index (κ3) is 2.66. The van der Waals surface area contributed by atoms with Gasteiger partial charge in [-0.3, -0.25) is 4.79 Å². The highest BCUT2D eigenvalue weighted by Crippen LogP contribution is 2.34. The standard InChI is InChI=1S/C10H13NO5S/c12-9(13)4-3-7-6-11-10(16-7)8-2-1-5-17(8,14)15/h6,8H,1-5H2,(H,12,13). The Morgan fingerprint density at radius 1 is 1.59 bits per heavy atom. The number of aryl methyl sites for hydroxylation is 1. The van der Waals surface area contributed by atoms with Gasteiger partial charge in [-0.25, -0.2) is 13.4 Å². The number of hydrogen-bond acceptors (Lipinski definition) is 5. The van der Waals surface area contributed by atoms with Gasteiger partial charge in [0, 0.05) is 6.42 Å². The minimum Gasteiger partial charge on any atom is -0.481 e. The Bertz CT molecular complexity index is 519. The van der Waals surface area contributed by atoms with Gasteiger partial charge in [0.15, 0.2) is 9.84 Å². The number of carboxylic acids is 1. The van der Waals surface area contributed by atoms with E-state index in [-0.39, 0.29) is 24.5 Å². The van der Waals surface area contributed by atoms with E-state index in [1.54, 1.807) is 0 Å². The first-order chi connectivity index (χ1) is 7.99. The monoisotopic (exact) mass is 259 g/mol. The lowest BCUT2D eigenvalue weighted by atomic mass is 10.2. The summed E-state index contributed by atoms with van der Waals surface area (Å²) in [7, 11) is -3.13. The number of rotatable bonds is 4. The third-order valence-corrected chi connectivity index (χ3v) is 4.92. The SMILES string of the molecule is O=C(O)CCc1cnc(C2CCCS2(=O)=O)o1. The highest BCUT2D eigenvalue weighted by atomic mass is 32.2. The summed E-state index contributed by atoms with van der Waals surface area (Å²) in [5.41, 5.74) is 0. The van der Waals surface area contributed by atoms with E-state index in [1.165, 1.54) is 6.20 Å². The lowest BCUT2D eigenvalue weighted by molar-refractivity contribution is -0.137. The van der Waals surface area contributed by atoms with Crippen molar-refractivity contribution < 1.29 is 22.7 Å². The summed E-state index contributed by atoms with van der Waals surface area (Å²) >= 11 is 0. The van der Waals surface area contributed by atoms with Crippen molar-refractivity contribution in [3.8, 4) is 0 Å². The number of aliphatic carboxylic acids is 1. The van der Waals surface area contributed by atoms with Crippen LogP contribution in [0.1, 0.15) is 36.2 Å². The molecule has 1 aliphatic heterocycles. The van der Waals surface area contributed by atoms with Gasteiger partial charge in [-0.15, -0.1) is 0 Å². The summed E-state index contributed by atoms with van der Waals surface area (Å²) in [6.07, 6.45) is 2.74. The van der Waals surface area contributed by atoms with Crippen LogP contribution in [0.3, 0.4) is 0 Å². The van der Waals surface area contributed by atoms with Crippen LogP contribution in [-0.4, -0.2) is 30.2 Å². The molecule has 1 saturated heterocycles. The van der Waals surface area contributed by atoms with Crippen molar-refractivity contribution in [1.29, 1.82) is 0 Å². The Morgan fingerprint density at radius 3 is 2.94 bits per heavy atom. The molecule has 1 fully saturated rings. The van der Waals surface area contributed by atoms with E-state index in [0.29, 0.717) is 18.6 Å². The van der Waals surface area contributed by atoms with Crippen molar-refractivity contribution in [3.05, 3.63) is 17.8 Å². The minimum atomic E-state index is -3.13. The number of nitrogens with zero attached hydrogens (tertiary/aromatic N) is 1. The number of sulfone groups is 1. The van der Waals surface area contributed by atoms with E-state index in [0.717, 1.165) is 0 Å². The van der Waals surface area contributed by atoms with Gasteiger partial charge in [0.2, 0.25) is 5.89 Å². The molecular weight excluding hydrogens is 246 g/mol. The molecule has 0 radical (unpaired) electrons. The van der Waals surface area contributed by atoms with Crippen molar-refractivity contribution in [2.75, 3.05) is 5.75 Å². The first kappa shape index (κ1) is 12.1. The number of carboxylic acid groups (broad SMARTS) is 1. The van der Waals surface area contributed by atoms with Gasteiger partial charge >= 0.3 is 5.97 Å². The molecule has 1 aliphatic rings. The molecule has 94 valence electrons. The van der Waals surface area contributed by atoms with Gasteiger partial charge in [0.1, 0.15) is 11.0 Å². The minimum absolute atomic E-state index is 0.0496. The van der Waals surface area contributed by atoms with Gasteiger partial charge in [-0.05, 0) is 12.8 Å². The largest absolute Gasteiger partial charge is 0.481 e. The molecule has 0 amide bonds. The zero-order chi connectivity index (χ0) is 12.5. The van der Waals surface area contributed by atoms with Crippen molar-refractivity contribution >= 4 is 15.8 Å². The second-order valence-corrected chi connectivity index (χ2v) is 6.36. The molecule has 17 heavy (non-hydrogen) atoms. The number of hydrogen-bond donors (Lipinski definition) is 1. The molecule has 1 unspecified atom stereocenters. The van der Waals surface area contributed by atoms with Gasteiger partial charge in [0.25, 0.3) is 0 Å². The molecule has 2 heterocycles. The maximum Gasteiger partial charge on any atom is 0.303 e. The summed E-state index contributed by atoms with van der Waals surface area (Å²) in [4.78, 5) is 14.3. The van der Waals surface area contributed by atoms with Crippen molar-refractivity contribution in [2.24, 2.45) is 0 Å². The van der Waals surface area contributed by atoms with Crippen LogP contribution in [0.2, 0.25) is 0 Å². The van der Waals surface area contributed by atoms with Crippen molar-refractivity contribution in [1.82, 2.24) is 4.98 Å². The average Bonchev–Trinajstić information content (AvgIpc) is 2.80. The topological polar surface area (TPSA) is 97.5 Å². The number of aromatic nitrogens is 1. The van der Waals surface area contributed by atoms with E-state index in [2.05, 4.69) is 4.98 Å². The van der Waals surface area contributed by atoms with Crippen LogP contribution in [0.15, 0.2) is 10.6 Å². The number of carbonyl (C=O) groups is 1. The molecule has 0 aliphatic carbocycles. The quantitative estimate of drug-likeness (QED) is 0.864. The van der Waals surface area contributed by atoms with E-state index in [9.17, 15) is 13.2 Å². The van der Waals surface area contributed by atoms with E-state index in [1.807, 2.05) is 0 Å². The van der Waals surface area contributed by atoms with Gasteiger partial charge in [-0.2, -0.15) is 0 Å². The molecule has 1 aromatic heterocycles. The third-order valence-electron chi connectivity index (χ3n) is 2.76. The van der Waals surface area contributed by atoms with Crippen LogP contribution >= 0.6 is 0 Å². The zero-order valence-electron chi connectivity index (χ0n) is 9.13. The van der Waals surface area contributed by atoms with Gasteiger partial charge in [0.05, 0.1) is 18.4 Å². The van der Waals surface area contributed by atoms with E-state index < -0.39 is 21.1 Å². The second kappa shape index (κ2) is 4.48. The summed E-state index contributed by atoms with van der Waals surface area (Å²) in [5.74, 6) is -0.131. The molecule has 1 N–H and O–H groups in total. The van der Waals surface area contributed by atoms with Crippen LogP contribution < -0.4 is 0 Å². The summed E-state index contributed by atoms with van der Waals surface area (Å²) < 4.78 is 28.6. The summed E-state index contributed by atoms with van der Waals surface area (Å²) in [5, 5.41) is 7.87. The van der Waals surface area contributed by atoms with Crippen LogP contribution in [0.4, 0.5) is 0 Å². The van der Waals surface area contributed by atoms with E-state index in [4.69, 9.17) is 9.52 Å². The molecule has 0 saturated carbocycles. The van der Waals surface area contributed by atoms with E-state index >= 15 is 0 Å². The summed E-state index contributed by atoms with van der Waals surface area (Å²) in [6, 6.07) is 0. The lowest BCUT2D eigenvalue weighted by Crippen LogP contribution is -2.07. The maximum atomic E-state index is 11.6. The molecule has 0 spiro atoms. The Balaban J connectivity index is 2.10. The highest BCUT2D eigenvalue weighted by Gasteiger charge is 2.36. The fourth-order valence-corrected chi connectivity index (χ4v) is 3.68. The smallest absolute Gasteiger partial charge is 0.303 e. The first-order valence-corrected chi connectivity index (χ1v) is 7.08. The first-order valence-electron chi connectivity index (χ1n) is 5.37. The Kier molecular flexibility index (Phi) is 3.19. The van der Waals surface area contributed by atoms with Crippen LogP contribution in [-0.2, 0) is 21.1 Å². The van der Waals surface area contributed by atoms with Crippen LogP contribution in [0, 0.1) is 0 Å². The fraction of sp³-hybridized carbons (Fsp3) is 0.600. The zero-order valence-corrected chi connectivity index (χ0v) is 9.94. The highest BCUT2D eigenvalue weighted by molar-refractivity contribution is 7.91. The van der Waals surface area contributed by atoms with Crippen molar-refractivity contribution in [2.45, 2.75) is 30.9 Å². The Labute approximate surface area is 98.6 Å². The molecular formula is C10H13NO5S. The lowest BCUT2D eigenvalue weighted by Gasteiger charge is -2.03. The Hall–Kier alpha value is -1.37. The number of oxazole rings is 1. The van der Waals surface area contributed by atoms with Gasteiger partial charge in [-0.1, -0.05) is 0 Å². The fourth-order valence-electron chi connectivity index (χ4n) is 1.89. The van der Waals surface area contributed by atoms with Crippen molar-refractivity contribution in [3.63, 3.8) is 0 Å². The van der Waals surface area contributed by atoms with Gasteiger partial charge < -0.3 is 9.52 Å². The molecule has 0 bridgehead atoms. The van der Waals surface area contributed by atoms with Crippen LogP contribution in [0.5, 0.6) is 0 Å².